The summed E-state index contributed by atoms with van der Waals surface area (Å²) in [5.74, 6) is -0.125. The molecule has 21 heavy (non-hydrogen) atoms. The molecule has 0 unspecified atom stereocenters. The SMILES string of the molecule is CCCCCC(=O)N[C@H](Nc1cccc(C)c1)C(Cl)(Cl)Cl. The van der Waals surface area contributed by atoms with Gasteiger partial charge in [0.2, 0.25) is 9.70 Å². The third-order valence-corrected chi connectivity index (χ3v) is 3.62. The highest BCUT2D eigenvalue weighted by Crippen LogP contribution is 2.31. The van der Waals surface area contributed by atoms with E-state index in [1.807, 2.05) is 31.2 Å². The number of amides is 1. The Kier molecular flexibility index (Phi) is 7.64. The summed E-state index contributed by atoms with van der Waals surface area (Å²) >= 11 is 17.8. The summed E-state index contributed by atoms with van der Waals surface area (Å²) < 4.78 is -1.63. The molecule has 1 rings (SSSR count). The van der Waals surface area contributed by atoms with E-state index >= 15 is 0 Å². The lowest BCUT2D eigenvalue weighted by atomic mass is 10.2. The lowest BCUT2D eigenvalue weighted by Crippen LogP contribution is -2.49. The van der Waals surface area contributed by atoms with Gasteiger partial charge in [0.25, 0.3) is 0 Å². The number of nitrogens with one attached hydrogen (secondary N) is 2. The summed E-state index contributed by atoms with van der Waals surface area (Å²) in [7, 11) is 0. The van der Waals surface area contributed by atoms with Crippen molar-refractivity contribution in [3.8, 4) is 0 Å². The molecule has 0 radical (unpaired) electrons. The number of halogens is 3. The molecule has 1 amide bonds. The molecular weight excluding hydrogens is 331 g/mol. The molecule has 0 aliphatic carbocycles. The number of unbranched alkanes of at least 4 members (excludes halogenated alkanes) is 2. The summed E-state index contributed by atoms with van der Waals surface area (Å²) in [4.78, 5) is 11.9. The Bertz CT molecular complexity index is 460. The van der Waals surface area contributed by atoms with Crippen LogP contribution in [0.2, 0.25) is 0 Å². The summed E-state index contributed by atoms with van der Waals surface area (Å²) in [5, 5.41) is 5.79. The molecule has 1 aromatic carbocycles. The molecule has 2 N–H and O–H groups in total. The maximum atomic E-state index is 11.9. The van der Waals surface area contributed by atoms with Crippen molar-refractivity contribution in [1.29, 1.82) is 0 Å². The number of aryl methyl sites for hydroxylation is 1. The van der Waals surface area contributed by atoms with E-state index in [0.717, 1.165) is 30.5 Å². The molecule has 3 nitrogen and oxygen atoms in total. The Balaban J connectivity index is 2.66. The first-order valence-corrected chi connectivity index (χ1v) is 8.15. The van der Waals surface area contributed by atoms with Gasteiger partial charge in [-0.15, -0.1) is 0 Å². The average molecular weight is 352 g/mol. The van der Waals surface area contributed by atoms with Gasteiger partial charge in [-0.1, -0.05) is 66.7 Å². The molecule has 1 aromatic rings. The lowest BCUT2D eigenvalue weighted by molar-refractivity contribution is -0.121. The minimum atomic E-state index is -1.63. The van der Waals surface area contributed by atoms with Crippen LogP contribution < -0.4 is 10.6 Å². The first-order chi connectivity index (χ1) is 9.82. The number of hydrogen-bond donors (Lipinski definition) is 2. The second kappa shape index (κ2) is 8.72. The summed E-state index contributed by atoms with van der Waals surface area (Å²) in [6.45, 7) is 4.06. The van der Waals surface area contributed by atoms with Gasteiger partial charge in [0, 0.05) is 12.1 Å². The summed E-state index contributed by atoms with van der Waals surface area (Å²) in [6.07, 6.45) is 2.55. The first-order valence-electron chi connectivity index (χ1n) is 7.02. The molecular formula is C15H21Cl3N2O. The minimum Gasteiger partial charge on any atom is -0.362 e. The number of rotatable bonds is 7. The van der Waals surface area contributed by atoms with Crippen molar-refractivity contribution in [3.05, 3.63) is 29.8 Å². The van der Waals surface area contributed by atoms with Crippen LogP contribution in [0.3, 0.4) is 0 Å². The molecule has 0 saturated carbocycles. The zero-order valence-corrected chi connectivity index (χ0v) is 14.5. The highest BCUT2D eigenvalue weighted by molar-refractivity contribution is 6.68. The Morgan fingerprint density at radius 3 is 2.57 bits per heavy atom. The predicted molar refractivity (Wildman–Crippen MR) is 91.2 cm³/mol. The largest absolute Gasteiger partial charge is 0.362 e. The Labute approximate surface area is 141 Å². The summed E-state index contributed by atoms with van der Waals surface area (Å²) in [5.41, 5.74) is 1.87. The fraction of sp³-hybridized carbons (Fsp3) is 0.533. The van der Waals surface area contributed by atoms with Crippen LogP contribution in [0.15, 0.2) is 24.3 Å². The third-order valence-electron chi connectivity index (χ3n) is 2.97. The topological polar surface area (TPSA) is 41.1 Å². The van der Waals surface area contributed by atoms with Crippen molar-refractivity contribution in [2.24, 2.45) is 0 Å². The highest BCUT2D eigenvalue weighted by atomic mass is 35.6. The normalized spacial score (nSPS) is 12.8. The van der Waals surface area contributed by atoms with Crippen molar-refractivity contribution in [2.45, 2.75) is 49.5 Å². The van der Waals surface area contributed by atoms with Gasteiger partial charge in [0.1, 0.15) is 6.17 Å². The maximum absolute atomic E-state index is 11.9. The third kappa shape index (κ3) is 7.25. The fourth-order valence-corrected chi connectivity index (χ4v) is 2.20. The molecule has 6 heteroatoms. The highest BCUT2D eigenvalue weighted by Gasteiger charge is 2.33. The van der Waals surface area contributed by atoms with Crippen molar-refractivity contribution in [2.75, 3.05) is 5.32 Å². The Morgan fingerprint density at radius 1 is 1.29 bits per heavy atom. The molecule has 118 valence electrons. The average Bonchev–Trinajstić information content (AvgIpc) is 2.37. The van der Waals surface area contributed by atoms with Crippen molar-refractivity contribution >= 4 is 46.4 Å². The van der Waals surface area contributed by atoms with Gasteiger partial charge in [-0.05, 0) is 31.0 Å². The van der Waals surface area contributed by atoms with Gasteiger partial charge in [-0.2, -0.15) is 0 Å². The van der Waals surface area contributed by atoms with Crippen LogP contribution in [0.25, 0.3) is 0 Å². The molecule has 0 fully saturated rings. The van der Waals surface area contributed by atoms with Gasteiger partial charge in [0.05, 0.1) is 0 Å². The van der Waals surface area contributed by atoms with Crippen LogP contribution in [0.5, 0.6) is 0 Å². The standard InChI is InChI=1S/C15H21Cl3N2O/c1-3-4-5-9-13(21)20-14(15(16,17)18)19-12-8-6-7-11(2)10-12/h6-8,10,14,19H,3-5,9H2,1-2H3,(H,20,21)/t14-/m0/s1. The number of anilines is 1. The van der Waals surface area contributed by atoms with Gasteiger partial charge in [-0.3, -0.25) is 4.79 Å². The zero-order valence-electron chi connectivity index (χ0n) is 12.3. The van der Waals surface area contributed by atoms with Gasteiger partial charge >= 0.3 is 0 Å². The van der Waals surface area contributed by atoms with E-state index in [1.165, 1.54) is 0 Å². The molecule has 0 aliphatic heterocycles. The van der Waals surface area contributed by atoms with E-state index in [4.69, 9.17) is 34.8 Å². The van der Waals surface area contributed by atoms with Crippen molar-refractivity contribution in [1.82, 2.24) is 5.32 Å². The maximum Gasteiger partial charge on any atom is 0.228 e. The molecule has 0 spiro atoms. The van der Waals surface area contributed by atoms with E-state index in [1.54, 1.807) is 0 Å². The quantitative estimate of drug-likeness (QED) is 0.421. The number of benzene rings is 1. The Morgan fingerprint density at radius 2 is 2.00 bits per heavy atom. The number of hydrogen-bond acceptors (Lipinski definition) is 2. The van der Waals surface area contributed by atoms with Crippen LogP contribution >= 0.6 is 34.8 Å². The van der Waals surface area contributed by atoms with E-state index in [0.29, 0.717) is 6.42 Å². The van der Waals surface area contributed by atoms with Crippen LogP contribution in [-0.4, -0.2) is 15.9 Å². The molecule has 0 aliphatic rings. The second-order valence-corrected chi connectivity index (χ2v) is 7.38. The van der Waals surface area contributed by atoms with E-state index < -0.39 is 9.96 Å². The van der Waals surface area contributed by atoms with Crippen LogP contribution in [0.1, 0.15) is 38.2 Å². The van der Waals surface area contributed by atoms with Crippen molar-refractivity contribution < 1.29 is 4.79 Å². The zero-order chi connectivity index (χ0) is 15.9. The van der Waals surface area contributed by atoms with Gasteiger partial charge < -0.3 is 10.6 Å². The van der Waals surface area contributed by atoms with E-state index in [-0.39, 0.29) is 5.91 Å². The summed E-state index contributed by atoms with van der Waals surface area (Å²) in [6, 6.07) is 7.65. The smallest absolute Gasteiger partial charge is 0.228 e. The van der Waals surface area contributed by atoms with Crippen molar-refractivity contribution in [3.63, 3.8) is 0 Å². The fourth-order valence-electron chi connectivity index (χ4n) is 1.87. The Hall–Kier alpha value is -0.640. The molecule has 0 heterocycles. The van der Waals surface area contributed by atoms with Gasteiger partial charge in [-0.25, -0.2) is 0 Å². The minimum absolute atomic E-state index is 0.125. The monoisotopic (exact) mass is 350 g/mol. The van der Waals surface area contributed by atoms with Crippen LogP contribution in [0, 0.1) is 6.92 Å². The van der Waals surface area contributed by atoms with E-state index in [9.17, 15) is 4.79 Å². The van der Waals surface area contributed by atoms with E-state index in [2.05, 4.69) is 17.6 Å². The molecule has 1 atom stereocenters. The molecule has 0 aromatic heterocycles. The number of carbonyl (C=O) groups is 1. The van der Waals surface area contributed by atoms with Gasteiger partial charge in [0.15, 0.2) is 0 Å². The predicted octanol–water partition coefficient (Wildman–Crippen LogP) is 4.80. The second-order valence-electron chi connectivity index (χ2n) is 5.01. The number of carbonyl (C=O) groups excluding carboxylic acids is 1. The molecule has 0 bridgehead atoms. The number of alkyl halides is 3. The van der Waals surface area contributed by atoms with Crippen LogP contribution in [-0.2, 0) is 4.79 Å². The lowest BCUT2D eigenvalue weighted by Gasteiger charge is -2.27. The van der Waals surface area contributed by atoms with Crippen LogP contribution in [0.4, 0.5) is 5.69 Å². The first kappa shape index (κ1) is 18.4. The molecule has 0 saturated heterocycles.